The van der Waals surface area contributed by atoms with E-state index >= 15 is 0 Å². The zero-order chi connectivity index (χ0) is 16.4. The number of hydrogen-bond acceptors (Lipinski definition) is 4. The molecular weight excluding hydrogens is 297 g/mol. The summed E-state index contributed by atoms with van der Waals surface area (Å²) in [5, 5.41) is 4.05. The van der Waals surface area contributed by atoms with Gasteiger partial charge in [0.05, 0.1) is 18.0 Å². The van der Waals surface area contributed by atoms with Crippen molar-refractivity contribution >= 4 is 11.7 Å². The molecule has 3 rings (SSSR count). The number of hydrogen-bond donors (Lipinski definition) is 0. The Morgan fingerprint density at radius 3 is 2.61 bits per heavy atom. The van der Waals surface area contributed by atoms with Crippen LogP contribution in [0.15, 0.2) is 30.7 Å². The quantitative estimate of drug-likeness (QED) is 0.864. The highest BCUT2D eigenvalue weighted by Crippen LogP contribution is 2.21. The molecule has 0 spiro atoms. The fraction of sp³-hybridized carbons (Fsp3) is 0.438. The lowest BCUT2D eigenvalue weighted by Crippen LogP contribution is -2.45. The Morgan fingerprint density at radius 2 is 2.04 bits per heavy atom. The van der Waals surface area contributed by atoms with E-state index in [0.29, 0.717) is 5.56 Å². The van der Waals surface area contributed by atoms with E-state index in [0.717, 1.165) is 31.7 Å². The molecule has 1 amide bonds. The average Bonchev–Trinajstić information content (AvgIpc) is 3.01. The number of carbonyl (C=O) groups excluding carboxylic acids is 1. The number of piperidine rings is 1. The van der Waals surface area contributed by atoms with Crippen molar-refractivity contribution in [1.82, 2.24) is 19.7 Å². The molecule has 1 aliphatic heterocycles. The maximum absolute atomic E-state index is 12.9. The van der Waals surface area contributed by atoms with Gasteiger partial charge in [0.25, 0.3) is 5.91 Å². The monoisotopic (exact) mass is 317 g/mol. The number of aromatic nitrogens is 3. The van der Waals surface area contributed by atoms with Crippen LogP contribution in [0, 0.1) is 5.82 Å². The zero-order valence-electron chi connectivity index (χ0n) is 13.3. The summed E-state index contributed by atoms with van der Waals surface area (Å²) in [4.78, 5) is 20.5. The molecule has 122 valence electrons. The zero-order valence-corrected chi connectivity index (χ0v) is 13.3. The van der Waals surface area contributed by atoms with Gasteiger partial charge in [-0.1, -0.05) is 0 Å². The maximum Gasteiger partial charge on any atom is 0.257 e. The van der Waals surface area contributed by atoms with Gasteiger partial charge in [-0.25, -0.2) is 9.37 Å². The van der Waals surface area contributed by atoms with E-state index in [4.69, 9.17) is 0 Å². The van der Waals surface area contributed by atoms with Crippen molar-refractivity contribution in [2.45, 2.75) is 18.9 Å². The topological polar surface area (TPSA) is 54.3 Å². The second-order valence-electron chi connectivity index (χ2n) is 5.87. The SMILES string of the molecule is CN(C(=O)c1cnn(C)c1)C1CCN(c2ccc(F)cn2)CC1. The molecule has 0 radical (unpaired) electrons. The van der Waals surface area contributed by atoms with Crippen molar-refractivity contribution in [1.29, 1.82) is 0 Å². The number of anilines is 1. The lowest BCUT2D eigenvalue weighted by atomic mass is 10.0. The Balaban J connectivity index is 1.60. The van der Waals surface area contributed by atoms with E-state index < -0.39 is 0 Å². The van der Waals surface area contributed by atoms with Gasteiger partial charge in [0.2, 0.25) is 0 Å². The van der Waals surface area contributed by atoms with Crippen molar-refractivity contribution < 1.29 is 9.18 Å². The molecule has 0 aromatic carbocycles. The molecule has 0 unspecified atom stereocenters. The first-order valence-electron chi connectivity index (χ1n) is 7.67. The molecule has 1 fully saturated rings. The lowest BCUT2D eigenvalue weighted by molar-refractivity contribution is 0.0709. The van der Waals surface area contributed by atoms with Gasteiger partial charge in [0.1, 0.15) is 11.6 Å². The molecule has 1 aliphatic rings. The highest BCUT2D eigenvalue weighted by Gasteiger charge is 2.27. The van der Waals surface area contributed by atoms with E-state index in [2.05, 4.69) is 15.0 Å². The Hall–Kier alpha value is -2.44. The van der Waals surface area contributed by atoms with Crippen LogP contribution in [0.4, 0.5) is 10.2 Å². The van der Waals surface area contributed by atoms with Crippen LogP contribution >= 0.6 is 0 Å². The van der Waals surface area contributed by atoms with Crippen LogP contribution in [0.2, 0.25) is 0 Å². The summed E-state index contributed by atoms with van der Waals surface area (Å²) in [5.41, 5.74) is 0.609. The van der Waals surface area contributed by atoms with E-state index in [1.165, 1.54) is 12.3 Å². The van der Waals surface area contributed by atoms with E-state index in [9.17, 15) is 9.18 Å². The lowest BCUT2D eigenvalue weighted by Gasteiger charge is -2.37. The van der Waals surface area contributed by atoms with Gasteiger partial charge in [-0.2, -0.15) is 5.10 Å². The number of aryl methyl sites for hydroxylation is 1. The summed E-state index contributed by atoms with van der Waals surface area (Å²) < 4.78 is 14.6. The largest absolute Gasteiger partial charge is 0.356 e. The summed E-state index contributed by atoms with van der Waals surface area (Å²) >= 11 is 0. The normalized spacial score (nSPS) is 15.7. The molecule has 1 saturated heterocycles. The summed E-state index contributed by atoms with van der Waals surface area (Å²) in [5.74, 6) is 0.452. The molecule has 6 nitrogen and oxygen atoms in total. The molecule has 0 atom stereocenters. The third-order valence-corrected chi connectivity index (χ3v) is 4.32. The van der Waals surface area contributed by atoms with Crippen LogP contribution < -0.4 is 4.90 Å². The van der Waals surface area contributed by atoms with Crippen molar-refractivity contribution in [2.75, 3.05) is 25.0 Å². The van der Waals surface area contributed by atoms with Gasteiger partial charge in [0, 0.05) is 39.4 Å². The third kappa shape index (κ3) is 3.33. The molecule has 0 aliphatic carbocycles. The number of nitrogens with zero attached hydrogens (tertiary/aromatic N) is 5. The number of carbonyl (C=O) groups is 1. The number of rotatable bonds is 3. The van der Waals surface area contributed by atoms with Crippen LogP contribution in [0.5, 0.6) is 0 Å². The van der Waals surface area contributed by atoms with Gasteiger partial charge in [-0.15, -0.1) is 0 Å². The summed E-state index contributed by atoms with van der Waals surface area (Å²) in [7, 11) is 3.64. The Kier molecular flexibility index (Phi) is 4.27. The van der Waals surface area contributed by atoms with Gasteiger partial charge >= 0.3 is 0 Å². The van der Waals surface area contributed by atoms with E-state index in [-0.39, 0.29) is 17.8 Å². The first-order valence-corrected chi connectivity index (χ1v) is 7.67. The van der Waals surface area contributed by atoms with Gasteiger partial charge in [-0.3, -0.25) is 9.48 Å². The van der Waals surface area contributed by atoms with Gasteiger partial charge in [0.15, 0.2) is 0 Å². The molecule has 2 aromatic heterocycles. The molecule has 0 saturated carbocycles. The molecule has 3 heterocycles. The van der Waals surface area contributed by atoms with Gasteiger partial charge in [-0.05, 0) is 25.0 Å². The Morgan fingerprint density at radius 1 is 1.30 bits per heavy atom. The minimum atomic E-state index is -0.328. The molecular formula is C16H20FN5O. The fourth-order valence-electron chi connectivity index (χ4n) is 2.94. The van der Waals surface area contributed by atoms with E-state index in [1.807, 2.05) is 7.05 Å². The second kappa shape index (κ2) is 6.36. The van der Waals surface area contributed by atoms with Crippen LogP contribution in [-0.2, 0) is 7.05 Å². The minimum absolute atomic E-state index is 0.00328. The first kappa shape index (κ1) is 15.5. The molecule has 7 heteroatoms. The number of halogens is 1. The van der Waals surface area contributed by atoms with Crippen molar-refractivity contribution in [3.63, 3.8) is 0 Å². The van der Waals surface area contributed by atoms with Crippen LogP contribution in [0.3, 0.4) is 0 Å². The Bertz CT molecular complexity index is 676. The average molecular weight is 317 g/mol. The van der Waals surface area contributed by atoms with Crippen LogP contribution in [0.25, 0.3) is 0 Å². The molecule has 2 aromatic rings. The maximum atomic E-state index is 12.9. The smallest absolute Gasteiger partial charge is 0.257 e. The highest BCUT2D eigenvalue weighted by atomic mass is 19.1. The predicted octanol–water partition coefficient (Wildman–Crippen LogP) is 1.70. The van der Waals surface area contributed by atoms with Crippen LogP contribution in [0.1, 0.15) is 23.2 Å². The van der Waals surface area contributed by atoms with Crippen molar-refractivity contribution in [3.05, 3.63) is 42.1 Å². The molecule has 23 heavy (non-hydrogen) atoms. The van der Waals surface area contributed by atoms with Crippen LogP contribution in [-0.4, -0.2) is 51.8 Å². The summed E-state index contributed by atoms with van der Waals surface area (Å²) in [6, 6.07) is 3.31. The summed E-state index contributed by atoms with van der Waals surface area (Å²) in [6.07, 6.45) is 6.29. The molecule has 0 N–H and O–H groups in total. The summed E-state index contributed by atoms with van der Waals surface area (Å²) in [6.45, 7) is 1.60. The Labute approximate surface area is 134 Å². The van der Waals surface area contributed by atoms with Gasteiger partial charge < -0.3 is 9.80 Å². The van der Waals surface area contributed by atoms with Crippen molar-refractivity contribution in [2.24, 2.45) is 7.05 Å². The third-order valence-electron chi connectivity index (χ3n) is 4.32. The minimum Gasteiger partial charge on any atom is -0.356 e. The van der Waals surface area contributed by atoms with Crippen molar-refractivity contribution in [3.8, 4) is 0 Å². The fourth-order valence-corrected chi connectivity index (χ4v) is 2.94. The predicted molar refractivity (Wildman–Crippen MR) is 84.7 cm³/mol. The standard InChI is InChI=1S/C16H20FN5O/c1-20-11-12(9-19-20)16(23)21(2)14-5-7-22(8-6-14)15-4-3-13(17)10-18-15/h3-4,9-11,14H,5-8H2,1-2H3. The van der Waals surface area contributed by atoms with E-state index in [1.54, 1.807) is 35.1 Å². The first-order chi connectivity index (χ1) is 11.0. The number of pyridine rings is 1. The number of amides is 1. The highest BCUT2D eigenvalue weighted by molar-refractivity contribution is 5.93. The second-order valence-corrected chi connectivity index (χ2v) is 5.87. The molecule has 0 bridgehead atoms.